The maximum atomic E-state index is 6.21. The lowest BCUT2D eigenvalue weighted by molar-refractivity contribution is -0.0162. The minimum atomic E-state index is -0.0107. The van der Waals surface area contributed by atoms with Gasteiger partial charge < -0.3 is 14.5 Å². The second-order valence-corrected chi connectivity index (χ2v) is 6.77. The van der Waals surface area contributed by atoms with Gasteiger partial charge in [-0.05, 0) is 24.1 Å². The van der Waals surface area contributed by atoms with Gasteiger partial charge in [0, 0.05) is 12.5 Å². The van der Waals surface area contributed by atoms with Crippen LogP contribution in [0.3, 0.4) is 0 Å². The highest BCUT2D eigenvalue weighted by molar-refractivity contribution is 6.34. The molecule has 0 spiro atoms. The molecule has 0 radical (unpaired) electrons. The third-order valence-electron chi connectivity index (χ3n) is 3.66. The molecule has 2 aromatic rings. The van der Waals surface area contributed by atoms with E-state index in [-0.39, 0.29) is 17.6 Å². The van der Waals surface area contributed by atoms with E-state index in [4.69, 9.17) is 20.8 Å². The first kappa shape index (κ1) is 16.3. The molecule has 0 bridgehead atoms. The first-order chi connectivity index (χ1) is 9.88. The molecule has 0 fully saturated rings. The van der Waals surface area contributed by atoms with E-state index in [0.717, 1.165) is 23.3 Å². The smallest absolute Gasteiger partial charge is 0.152 e. The van der Waals surface area contributed by atoms with Crippen LogP contribution in [0.25, 0.3) is 11.0 Å². The fourth-order valence-electron chi connectivity index (χ4n) is 2.77. The summed E-state index contributed by atoms with van der Waals surface area (Å²) >= 11 is 6.21. The predicted molar refractivity (Wildman–Crippen MR) is 87.9 cm³/mol. The summed E-state index contributed by atoms with van der Waals surface area (Å²) in [5, 5.41) is 5.13. The standard InChI is InChI=1S/C17H24ClNO2/c1-6-19-14(16(20-5)17(2,3)4)13-10-11-8-7-9-12(18)15(11)21-13/h7-10,14,16,19H,6H2,1-5H3. The average Bonchev–Trinajstić information content (AvgIpc) is 2.82. The van der Waals surface area contributed by atoms with Crippen molar-refractivity contribution >= 4 is 22.6 Å². The maximum absolute atomic E-state index is 6.21. The Labute approximate surface area is 131 Å². The minimum absolute atomic E-state index is 0.00297. The highest BCUT2D eigenvalue weighted by atomic mass is 35.5. The Kier molecular flexibility index (Phi) is 4.97. The van der Waals surface area contributed by atoms with Gasteiger partial charge >= 0.3 is 0 Å². The second kappa shape index (κ2) is 6.39. The summed E-state index contributed by atoms with van der Waals surface area (Å²) in [6.07, 6.45) is -0.00297. The first-order valence-electron chi connectivity index (χ1n) is 7.32. The van der Waals surface area contributed by atoms with Gasteiger partial charge in [0.05, 0.1) is 17.2 Å². The van der Waals surface area contributed by atoms with Crippen molar-refractivity contribution in [1.82, 2.24) is 5.32 Å². The number of benzene rings is 1. The number of methoxy groups -OCH3 is 1. The van der Waals surface area contributed by atoms with Crippen molar-refractivity contribution in [2.45, 2.75) is 39.8 Å². The third-order valence-corrected chi connectivity index (χ3v) is 3.95. The largest absolute Gasteiger partial charge is 0.458 e. The first-order valence-corrected chi connectivity index (χ1v) is 7.70. The molecular weight excluding hydrogens is 286 g/mol. The van der Waals surface area contributed by atoms with E-state index in [1.807, 2.05) is 24.3 Å². The molecule has 0 aliphatic heterocycles. The van der Waals surface area contributed by atoms with Crippen molar-refractivity contribution < 1.29 is 9.15 Å². The molecule has 1 aromatic heterocycles. The van der Waals surface area contributed by atoms with E-state index in [2.05, 4.69) is 33.0 Å². The second-order valence-electron chi connectivity index (χ2n) is 6.36. The van der Waals surface area contributed by atoms with Gasteiger partial charge in [0.15, 0.2) is 5.58 Å². The van der Waals surface area contributed by atoms with Gasteiger partial charge in [-0.15, -0.1) is 0 Å². The van der Waals surface area contributed by atoms with Crippen molar-refractivity contribution in [3.8, 4) is 0 Å². The van der Waals surface area contributed by atoms with Crippen LogP contribution >= 0.6 is 11.6 Å². The third kappa shape index (κ3) is 3.42. The summed E-state index contributed by atoms with van der Waals surface area (Å²) in [6, 6.07) is 7.83. The molecule has 21 heavy (non-hydrogen) atoms. The zero-order valence-electron chi connectivity index (χ0n) is 13.4. The van der Waals surface area contributed by atoms with Crippen LogP contribution in [-0.2, 0) is 4.74 Å². The normalized spacial score (nSPS) is 15.3. The molecule has 1 aromatic carbocycles. The lowest BCUT2D eigenvalue weighted by Gasteiger charge is -2.35. The van der Waals surface area contributed by atoms with Gasteiger partial charge in [-0.3, -0.25) is 0 Å². The summed E-state index contributed by atoms with van der Waals surface area (Å²) in [5.74, 6) is 0.863. The number of fused-ring (bicyclic) bond motifs is 1. The number of nitrogens with one attached hydrogen (secondary N) is 1. The molecule has 0 amide bonds. The molecule has 116 valence electrons. The Morgan fingerprint density at radius 2 is 2.05 bits per heavy atom. The summed E-state index contributed by atoms with van der Waals surface area (Å²) < 4.78 is 11.8. The Hall–Kier alpha value is -1.03. The molecule has 0 saturated heterocycles. The van der Waals surface area contributed by atoms with Crippen molar-refractivity contribution in [1.29, 1.82) is 0 Å². The number of furan rings is 1. The molecule has 0 saturated carbocycles. The number of halogens is 1. The van der Waals surface area contributed by atoms with E-state index in [1.54, 1.807) is 7.11 Å². The van der Waals surface area contributed by atoms with E-state index in [1.165, 1.54) is 0 Å². The molecule has 3 nitrogen and oxygen atoms in total. The van der Waals surface area contributed by atoms with Crippen LogP contribution in [-0.4, -0.2) is 19.8 Å². The van der Waals surface area contributed by atoms with E-state index >= 15 is 0 Å². The number of para-hydroxylation sites is 1. The fourth-order valence-corrected chi connectivity index (χ4v) is 2.99. The monoisotopic (exact) mass is 309 g/mol. The molecule has 4 heteroatoms. The van der Waals surface area contributed by atoms with Gasteiger partial charge in [-0.25, -0.2) is 0 Å². The average molecular weight is 310 g/mol. The maximum Gasteiger partial charge on any atom is 0.152 e. The molecule has 2 rings (SSSR count). The van der Waals surface area contributed by atoms with Gasteiger partial charge in [0.1, 0.15) is 5.76 Å². The fraction of sp³-hybridized carbons (Fsp3) is 0.529. The molecule has 1 N–H and O–H groups in total. The quantitative estimate of drug-likeness (QED) is 0.861. The Morgan fingerprint density at radius 1 is 1.33 bits per heavy atom. The van der Waals surface area contributed by atoms with E-state index in [0.29, 0.717) is 5.02 Å². The highest BCUT2D eigenvalue weighted by Crippen LogP contribution is 2.36. The zero-order valence-corrected chi connectivity index (χ0v) is 14.1. The number of ether oxygens (including phenoxy) is 1. The molecule has 0 aliphatic rings. The van der Waals surface area contributed by atoms with Gasteiger partial charge in [-0.1, -0.05) is 51.4 Å². The Morgan fingerprint density at radius 3 is 2.57 bits per heavy atom. The van der Waals surface area contributed by atoms with Crippen LogP contribution in [0.15, 0.2) is 28.7 Å². The van der Waals surface area contributed by atoms with E-state index < -0.39 is 0 Å². The van der Waals surface area contributed by atoms with Crippen LogP contribution in [0.5, 0.6) is 0 Å². The lowest BCUT2D eigenvalue weighted by Crippen LogP contribution is -2.41. The summed E-state index contributed by atoms with van der Waals surface area (Å²) in [7, 11) is 1.75. The van der Waals surface area contributed by atoms with E-state index in [9.17, 15) is 0 Å². The summed E-state index contributed by atoms with van der Waals surface area (Å²) in [6.45, 7) is 9.42. The van der Waals surface area contributed by atoms with Crippen molar-refractivity contribution in [3.63, 3.8) is 0 Å². The Bertz CT molecular complexity index is 600. The highest BCUT2D eigenvalue weighted by Gasteiger charge is 2.35. The van der Waals surface area contributed by atoms with Crippen molar-refractivity contribution in [2.75, 3.05) is 13.7 Å². The number of likely N-dealkylation sites (N-methyl/N-ethyl adjacent to an activating group) is 1. The summed E-state index contributed by atoms with van der Waals surface area (Å²) in [4.78, 5) is 0. The molecule has 0 aliphatic carbocycles. The van der Waals surface area contributed by atoms with Crippen LogP contribution in [0, 0.1) is 5.41 Å². The SMILES string of the molecule is CCNC(c1cc2cccc(Cl)c2o1)C(OC)C(C)(C)C. The predicted octanol–water partition coefficient (Wildman–Crippen LogP) is 4.80. The van der Waals surface area contributed by atoms with Crippen molar-refractivity contribution in [3.05, 3.63) is 35.0 Å². The lowest BCUT2D eigenvalue weighted by atomic mass is 9.83. The van der Waals surface area contributed by atoms with Gasteiger partial charge in [0.2, 0.25) is 0 Å². The minimum Gasteiger partial charge on any atom is -0.458 e. The number of rotatable bonds is 5. The zero-order chi connectivity index (χ0) is 15.6. The van der Waals surface area contributed by atoms with Crippen LogP contribution in [0.1, 0.15) is 39.5 Å². The topological polar surface area (TPSA) is 34.4 Å². The number of hydrogen-bond acceptors (Lipinski definition) is 3. The number of hydrogen-bond donors (Lipinski definition) is 1. The summed E-state index contributed by atoms with van der Waals surface area (Å²) in [5.41, 5.74) is 0.727. The van der Waals surface area contributed by atoms with Crippen molar-refractivity contribution in [2.24, 2.45) is 5.41 Å². The van der Waals surface area contributed by atoms with Gasteiger partial charge in [0.25, 0.3) is 0 Å². The molecule has 2 unspecified atom stereocenters. The van der Waals surface area contributed by atoms with Crippen LogP contribution in [0.2, 0.25) is 5.02 Å². The molecule has 1 heterocycles. The van der Waals surface area contributed by atoms with Crippen LogP contribution < -0.4 is 5.32 Å². The molecular formula is C17H24ClNO2. The Balaban J connectivity index is 2.47. The molecule has 2 atom stereocenters. The van der Waals surface area contributed by atoms with Crippen LogP contribution in [0.4, 0.5) is 0 Å². The van der Waals surface area contributed by atoms with Gasteiger partial charge in [-0.2, -0.15) is 0 Å².